The van der Waals surface area contributed by atoms with Crippen LogP contribution in [0.4, 0.5) is 0 Å². The van der Waals surface area contributed by atoms with Gasteiger partial charge in [-0.15, -0.1) is 10.2 Å². The van der Waals surface area contributed by atoms with E-state index in [0.717, 1.165) is 29.8 Å². The van der Waals surface area contributed by atoms with Crippen molar-refractivity contribution in [2.45, 2.75) is 117 Å². The number of unbranched alkanes of at least 4 members (excludes halogenated alkanes) is 5. The third-order valence-corrected chi connectivity index (χ3v) is 8.11. The molecule has 0 atom stereocenters. The molecule has 3 rings (SSSR count). The standard InChI is InChI=1S/C30H46ClN5O2/c1-9-10-11-12-13-14-17-21-18-15-16-19-22(21)38-20-23(37)32-30(7,8)29(5,6)27-34-33-26-24(31)25(28(2,3)4)35-36(26)27/h15-16,18-19,35H,9-14,17,20H2,1-8H3,(H,32,37). The van der Waals surface area contributed by atoms with E-state index in [1.165, 1.54) is 32.1 Å². The molecule has 0 spiro atoms. The van der Waals surface area contributed by atoms with Gasteiger partial charge in [-0.05, 0) is 38.3 Å². The van der Waals surface area contributed by atoms with Gasteiger partial charge in [0.15, 0.2) is 18.1 Å². The molecule has 2 aromatic heterocycles. The Morgan fingerprint density at radius 3 is 2.34 bits per heavy atom. The number of nitrogens with zero attached hydrogens (tertiary/aromatic N) is 3. The number of aryl methyl sites for hydroxylation is 1. The van der Waals surface area contributed by atoms with Crippen LogP contribution in [0.1, 0.15) is 111 Å². The minimum Gasteiger partial charge on any atom is -0.483 e. The van der Waals surface area contributed by atoms with E-state index in [1.807, 2.05) is 50.4 Å². The number of amides is 1. The molecule has 3 aromatic rings. The first kappa shape index (κ1) is 30.0. The third-order valence-electron chi connectivity index (χ3n) is 7.76. The Morgan fingerprint density at radius 1 is 1.00 bits per heavy atom. The van der Waals surface area contributed by atoms with Crippen molar-refractivity contribution in [3.8, 4) is 5.75 Å². The van der Waals surface area contributed by atoms with Gasteiger partial charge < -0.3 is 10.1 Å². The second-order valence-corrected chi connectivity index (χ2v) is 12.8. The molecule has 8 heteroatoms. The molecule has 0 aliphatic heterocycles. The van der Waals surface area contributed by atoms with Crippen molar-refractivity contribution in [1.29, 1.82) is 0 Å². The summed E-state index contributed by atoms with van der Waals surface area (Å²) in [6.45, 7) is 16.6. The van der Waals surface area contributed by atoms with Crippen LogP contribution in [-0.4, -0.2) is 37.9 Å². The topological polar surface area (TPSA) is 84.3 Å². The van der Waals surface area contributed by atoms with Crippen molar-refractivity contribution in [3.05, 3.63) is 46.4 Å². The number of H-pyrrole nitrogens is 1. The van der Waals surface area contributed by atoms with Gasteiger partial charge >= 0.3 is 0 Å². The van der Waals surface area contributed by atoms with Crippen LogP contribution in [0.15, 0.2) is 24.3 Å². The molecule has 1 aromatic carbocycles. The number of fused-ring (bicyclic) bond motifs is 1. The SMILES string of the molecule is CCCCCCCCc1ccccc1OCC(=O)NC(C)(C)C(C)(C)c1nnc2c(Cl)c(C(C)(C)C)[nH]n12. The maximum absolute atomic E-state index is 13.1. The minimum absolute atomic E-state index is 0.0508. The fraction of sp³-hybridized carbons (Fsp3) is 0.633. The summed E-state index contributed by atoms with van der Waals surface area (Å²) in [7, 11) is 0. The average Bonchev–Trinajstić information content (AvgIpc) is 3.40. The zero-order chi connectivity index (χ0) is 28.1. The van der Waals surface area contributed by atoms with Crippen molar-refractivity contribution in [3.63, 3.8) is 0 Å². The number of hydrogen-bond donors (Lipinski definition) is 2. The number of nitrogens with one attached hydrogen (secondary N) is 2. The van der Waals surface area contributed by atoms with Crippen LogP contribution in [-0.2, 0) is 22.0 Å². The fourth-order valence-electron chi connectivity index (χ4n) is 4.62. The Balaban J connectivity index is 1.66. The van der Waals surface area contributed by atoms with Gasteiger partial charge in [0.05, 0.1) is 5.69 Å². The van der Waals surface area contributed by atoms with E-state index in [4.69, 9.17) is 16.3 Å². The lowest BCUT2D eigenvalue weighted by molar-refractivity contribution is -0.125. The van der Waals surface area contributed by atoms with Crippen LogP contribution in [0.2, 0.25) is 5.02 Å². The maximum Gasteiger partial charge on any atom is 0.258 e. The molecular weight excluding hydrogens is 498 g/mol. The molecule has 0 aliphatic carbocycles. The first-order valence-electron chi connectivity index (χ1n) is 13.9. The quantitative estimate of drug-likeness (QED) is 0.224. The molecule has 38 heavy (non-hydrogen) atoms. The first-order chi connectivity index (χ1) is 17.8. The summed E-state index contributed by atoms with van der Waals surface area (Å²) in [4.78, 5) is 13.1. The average molecular weight is 544 g/mol. The summed E-state index contributed by atoms with van der Waals surface area (Å²) < 4.78 is 7.84. The second kappa shape index (κ2) is 12.1. The Kier molecular flexibility index (Phi) is 9.56. The van der Waals surface area contributed by atoms with E-state index in [0.29, 0.717) is 16.5 Å². The van der Waals surface area contributed by atoms with Crippen molar-refractivity contribution >= 4 is 23.2 Å². The Bertz CT molecular complexity index is 1220. The molecule has 0 saturated heterocycles. The smallest absolute Gasteiger partial charge is 0.258 e. The second-order valence-electron chi connectivity index (χ2n) is 12.4. The monoisotopic (exact) mass is 543 g/mol. The lowest BCUT2D eigenvalue weighted by Crippen LogP contribution is -2.57. The maximum atomic E-state index is 13.1. The zero-order valence-corrected chi connectivity index (χ0v) is 25.3. The molecule has 210 valence electrons. The number of aromatic amines is 1. The van der Waals surface area contributed by atoms with Crippen LogP contribution >= 0.6 is 11.6 Å². The van der Waals surface area contributed by atoms with Crippen LogP contribution in [0, 0.1) is 0 Å². The number of halogens is 1. The number of benzene rings is 1. The summed E-state index contributed by atoms with van der Waals surface area (Å²) in [5.41, 5.74) is 1.23. The third kappa shape index (κ3) is 6.71. The van der Waals surface area contributed by atoms with Crippen molar-refractivity contribution in [2.24, 2.45) is 0 Å². The Morgan fingerprint density at radius 2 is 1.66 bits per heavy atom. The van der Waals surface area contributed by atoms with Crippen molar-refractivity contribution < 1.29 is 9.53 Å². The van der Waals surface area contributed by atoms with Gasteiger partial charge in [0.2, 0.25) is 0 Å². The molecule has 0 radical (unpaired) electrons. The number of ether oxygens (including phenoxy) is 1. The Hall–Kier alpha value is -2.54. The summed E-state index contributed by atoms with van der Waals surface area (Å²) in [6.07, 6.45) is 8.45. The molecular formula is C30H46ClN5O2. The highest BCUT2D eigenvalue weighted by Crippen LogP contribution is 2.37. The van der Waals surface area contributed by atoms with E-state index in [9.17, 15) is 4.79 Å². The molecule has 0 unspecified atom stereocenters. The van der Waals surface area contributed by atoms with Crippen LogP contribution in [0.5, 0.6) is 5.75 Å². The van der Waals surface area contributed by atoms with E-state index in [2.05, 4.69) is 54.4 Å². The number of hydrogen-bond acceptors (Lipinski definition) is 4. The number of carbonyl (C=O) groups is 1. The number of aromatic nitrogens is 4. The fourth-order valence-corrected chi connectivity index (χ4v) is 5.07. The minimum atomic E-state index is -0.659. The normalized spacial score (nSPS) is 12.8. The van der Waals surface area contributed by atoms with Gasteiger partial charge in [-0.25, -0.2) is 4.52 Å². The highest BCUT2D eigenvalue weighted by atomic mass is 35.5. The summed E-state index contributed by atoms with van der Waals surface area (Å²) in [6, 6.07) is 8.02. The lowest BCUT2D eigenvalue weighted by Gasteiger charge is -2.40. The number of carbonyl (C=O) groups excluding carboxylic acids is 1. The molecule has 2 heterocycles. The van der Waals surface area contributed by atoms with Gasteiger partial charge in [-0.3, -0.25) is 9.89 Å². The number of para-hydroxylation sites is 1. The molecule has 2 N–H and O–H groups in total. The summed E-state index contributed by atoms with van der Waals surface area (Å²) in [5, 5.41) is 15.9. The Labute approximate surface area is 233 Å². The van der Waals surface area contributed by atoms with Crippen LogP contribution in [0.25, 0.3) is 5.65 Å². The van der Waals surface area contributed by atoms with Gasteiger partial charge in [-0.2, -0.15) is 0 Å². The molecule has 1 amide bonds. The molecule has 0 bridgehead atoms. The molecule has 0 aliphatic rings. The molecule has 0 saturated carbocycles. The zero-order valence-electron chi connectivity index (χ0n) is 24.5. The van der Waals surface area contributed by atoms with E-state index >= 15 is 0 Å². The van der Waals surface area contributed by atoms with Crippen molar-refractivity contribution in [1.82, 2.24) is 25.1 Å². The highest BCUT2D eigenvalue weighted by molar-refractivity contribution is 6.34. The first-order valence-corrected chi connectivity index (χ1v) is 14.3. The molecule has 0 fully saturated rings. The van der Waals surface area contributed by atoms with Crippen LogP contribution in [0.3, 0.4) is 0 Å². The molecule has 7 nitrogen and oxygen atoms in total. The van der Waals surface area contributed by atoms with Gasteiger partial charge in [0.25, 0.3) is 5.91 Å². The van der Waals surface area contributed by atoms with E-state index < -0.39 is 11.0 Å². The summed E-state index contributed by atoms with van der Waals surface area (Å²) >= 11 is 6.64. The van der Waals surface area contributed by atoms with Crippen LogP contribution < -0.4 is 10.1 Å². The van der Waals surface area contributed by atoms with Gasteiger partial charge in [0.1, 0.15) is 10.8 Å². The van der Waals surface area contributed by atoms with E-state index in [-0.39, 0.29) is 17.9 Å². The predicted octanol–water partition coefficient (Wildman–Crippen LogP) is 7.16. The predicted molar refractivity (Wildman–Crippen MR) is 155 cm³/mol. The van der Waals surface area contributed by atoms with Crippen molar-refractivity contribution in [2.75, 3.05) is 6.61 Å². The highest BCUT2D eigenvalue weighted by Gasteiger charge is 2.44. The van der Waals surface area contributed by atoms with Gasteiger partial charge in [-0.1, -0.05) is 103 Å². The largest absolute Gasteiger partial charge is 0.483 e. The van der Waals surface area contributed by atoms with Gasteiger partial charge in [0, 0.05) is 16.4 Å². The number of rotatable bonds is 13. The van der Waals surface area contributed by atoms with E-state index in [1.54, 1.807) is 0 Å². The summed E-state index contributed by atoms with van der Waals surface area (Å²) in [5.74, 6) is 1.29. The lowest BCUT2D eigenvalue weighted by atomic mass is 9.73.